The lowest BCUT2D eigenvalue weighted by molar-refractivity contribution is 0.415. The van der Waals surface area contributed by atoms with Gasteiger partial charge in [0.15, 0.2) is 0 Å². The van der Waals surface area contributed by atoms with Crippen LogP contribution in [-0.2, 0) is 6.42 Å². The summed E-state index contributed by atoms with van der Waals surface area (Å²) in [4.78, 5) is 0. The summed E-state index contributed by atoms with van der Waals surface area (Å²) in [6.07, 6.45) is 0.718. The minimum absolute atomic E-state index is 0.207. The fraction of sp³-hybridized carbons (Fsp3) is 0.294. The highest BCUT2D eigenvalue weighted by molar-refractivity contribution is 6.34. The Labute approximate surface area is 135 Å². The van der Waals surface area contributed by atoms with Crippen LogP contribution >= 0.6 is 23.2 Å². The van der Waals surface area contributed by atoms with Gasteiger partial charge in [0.1, 0.15) is 5.75 Å². The normalized spacial score (nSPS) is 12.3. The molecule has 21 heavy (non-hydrogen) atoms. The molecule has 2 nitrogen and oxygen atoms in total. The van der Waals surface area contributed by atoms with Crippen molar-refractivity contribution in [2.24, 2.45) is 5.73 Å². The zero-order chi connectivity index (χ0) is 15.6. The average molecular weight is 324 g/mol. The summed E-state index contributed by atoms with van der Waals surface area (Å²) in [5, 5.41) is 1.10. The van der Waals surface area contributed by atoms with E-state index in [9.17, 15) is 0 Å². The van der Waals surface area contributed by atoms with E-state index in [1.54, 1.807) is 19.2 Å². The van der Waals surface area contributed by atoms with Gasteiger partial charge in [-0.1, -0.05) is 47.0 Å². The van der Waals surface area contributed by atoms with Crippen molar-refractivity contribution in [3.63, 3.8) is 0 Å². The Kier molecular flexibility index (Phi) is 5.15. The molecule has 0 aliphatic rings. The first-order valence-corrected chi connectivity index (χ1v) is 7.52. The van der Waals surface area contributed by atoms with Crippen LogP contribution in [-0.4, -0.2) is 7.11 Å². The molecule has 1 unspecified atom stereocenters. The lowest BCUT2D eigenvalue weighted by Crippen LogP contribution is -2.15. The van der Waals surface area contributed by atoms with Gasteiger partial charge in [-0.15, -0.1) is 0 Å². The van der Waals surface area contributed by atoms with Crippen LogP contribution in [0.4, 0.5) is 0 Å². The summed E-state index contributed by atoms with van der Waals surface area (Å²) < 4.78 is 5.16. The monoisotopic (exact) mass is 323 g/mol. The third kappa shape index (κ3) is 3.70. The molecule has 2 N–H and O–H groups in total. The molecule has 0 amide bonds. The second-order valence-electron chi connectivity index (χ2n) is 5.25. The van der Waals surface area contributed by atoms with Crippen LogP contribution in [0.15, 0.2) is 30.3 Å². The summed E-state index contributed by atoms with van der Waals surface area (Å²) in [6, 6.07) is 9.66. The molecule has 112 valence electrons. The maximum atomic E-state index is 6.32. The van der Waals surface area contributed by atoms with E-state index >= 15 is 0 Å². The number of hydrogen-bond acceptors (Lipinski definition) is 2. The SMILES string of the molecule is COc1cc(Cl)c(C(N)Cc2cc(C)ccc2C)cc1Cl. The van der Waals surface area contributed by atoms with E-state index < -0.39 is 0 Å². The molecule has 1 atom stereocenters. The molecule has 0 aliphatic heterocycles. The highest BCUT2D eigenvalue weighted by atomic mass is 35.5. The second kappa shape index (κ2) is 6.69. The maximum absolute atomic E-state index is 6.32. The number of benzene rings is 2. The van der Waals surface area contributed by atoms with Crippen molar-refractivity contribution in [2.45, 2.75) is 26.3 Å². The first kappa shape index (κ1) is 16.2. The van der Waals surface area contributed by atoms with Gasteiger partial charge in [-0.2, -0.15) is 0 Å². The molecule has 0 radical (unpaired) electrons. The Balaban J connectivity index is 2.30. The van der Waals surface area contributed by atoms with Crippen molar-refractivity contribution in [3.05, 3.63) is 62.6 Å². The Hall–Kier alpha value is -1.22. The van der Waals surface area contributed by atoms with Gasteiger partial charge in [-0.3, -0.25) is 0 Å². The number of aryl methyl sites for hydroxylation is 2. The molecular formula is C17H19Cl2NO. The van der Waals surface area contributed by atoms with Gasteiger partial charge < -0.3 is 10.5 Å². The van der Waals surface area contributed by atoms with E-state index in [0.29, 0.717) is 15.8 Å². The quantitative estimate of drug-likeness (QED) is 0.871. The number of halogens is 2. The van der Waals surface area contributed by atoms with Crippen molar-refractivity contribution in [2.75, 3.05) is 7.11 Å². The van der Waals surface area contributed by atoms with Gasteiger partial charge in [-0.05, 0) is 43.0 Å². The van der Waals surface area contributed by atoms with E-state index in [2.05, 4.69) is 32.0 Å². The Morgan fingerprint density at radius 1 is 1.10 bits per heavy atom. The van der Waals surface area contributed by atoms with Crippen LogP contribution in [0.25, 0.3) is 0 Å². The minimum atomic E-state index is -0.207. The first-order chi connectivity index (χ1) is 9.92. The third-order valence-electron chi connectivity index (χ3n) is 3.62. The van der Waals surface area contributed by atoms with Crippen LogP contribution in [0, 0.1) is 13.8 Å². The minimum Gasteiger partial charge on any atom is -0.495 e. The summed E-state index contributed by atoms with van der Waals surface area (Å²) >= 11 is 12.5. The van der Waals surface area contributed by atoms with Crippen LogP contribution in [0.2, 0.25) is 10.0 Å². The van der Waals surface area contributed by atoms with Gasteiger partial charge in [0.2, 0.25) is 0 Å². The Morgan fingerprint density at radius 3 is 2.48 bits per heavy atom. The topological polar surface area (TPSA) is 35.2 Å². The summed E-state index contributed by atoms with van der Waals surface area (Å²) in [7, 11) is 1.56. The smallest absolute Gasteiger partial charge is 0.138 e. The summed E-state index contributed by atoms with van der Waals surface area (Å²) in [5.74, 6) is 0.560. The fourth-order valence-electron chi connectivity index (χ4n) is 2.35. The molecule has 0 spiro atoms. The van der Waals surface area contributed by atoms with Gasteiger partial charge in [0.25, 0.3) is 0 Å². The van der Waals surface area contributed by atoms with E-state index in [4.69, 9.17) is 33.7 Å². The number of hydrogen-bond donors (Lipinski definition) is 1. The predicted molar refractivity (Wildman–Crippen MR) is 89.6 cm³/mol. The van der Waals surface area contributed by atoms with E-state index in [1.807, 2.05) is 0 Å². The second-order valence-corrected chi connectivity index (χ2v) is 6.06. The Bertz CT molecular complexity index is 655. The number of rotatable bonds is 4. The lowest BCUT2D eigenvalue weighted by atomic mass is 9.95. The molecule has 4 heteroatoms. The lowest BCUT2D eigenvalue weighted by Gasteiger charge is -2.17. The fourth-order valence-corrected chi connectivity index (χ4v) is 2.89. The summed E-state index contributed by atoms with van der Waals surface area (Å²) in [5.41, 5.74) is 10.8. The molecule has 2 rings (SSSR count). The van der Waals surface area contributed by atoms with E-state index in [-0.39, 0.29) is 6.04 Å². The molecule has 0 aromatic heterocycles. The molecule has 0 saturated heterocycles. The summed E-state index contributed by atoms with van der Waals surface area (Å²) in [6.45, 7) is 4.16. The molecule has 2 aromatic rings. The van der Waals surface area contributed by atoms with Crippen LogP contribution in [0.1, 0.15) is 28.3 Å². The molecule has 0 bridgehead atoms. The molecule has 0 aliphatic carbocycles. The third-order valence-corrected chi connectivity index (χ3v) is 4.24. The molecular weight excluding hydrogens is 305 g/mol. The van der Waals surface area contributed by atoms with Crippen molar-refractivity contribution >= 4 is 23.2 Å². The van der Waals surface area contributed by atoms with Crippen molar-refractivity contribution in [3.8, 4) is 5.75 Å². The molecule has 0 fully saturated rings. The maximum Gasteiger partial charge on any atom is 0.138 e. The molecule has 2 aromatic carbocycles. The van der Waals surface area contributed by atoms with E-state index in [1.165, 1.54) is 16.7 Å². The van der Waals surface area contributed by atoms with Gasteiger partial charge in [0, 0.05) is 17.1 Å². The number of methoxy groups -OCH3 is 1. The zero-order valence-electron chi connectivity index (χ0n) is 12.4. The molecule has 0 saturated carbocycles. The Morgan fingerprint density at radius 2 is 1.81 bits per heavy atom. The van der Waals surface area contributed by atoms with Crippen molar-refractivity contribution in [1.29, 1.82) is 0 Å². The zero-order valence-corrected chi connectivity index (χ0v) is 13.9. The molecule has 0 heterocycles. The first-order valence-electron chi connectivity index (χ1n) is 6.77. The van der Waals surface area contributed by atoms with Crippen LogP contribution in [0.3, 0.4) is 0 Å². The largest absolute Gasteiger partial charge is 0.495 e. The van der Waals surface area contributed by atoms with Gasteiger partial charge in [-0.25, -0.2) is 0 Å². The van der Waals surface area contributed by atoms with E-state index in [0.717, 1.165) is 12.0 Å². The standard InChI is InChI=1S/C17H19Cl2NO/c1-10-4-5-11(2)12(6-10)7-16(20)13-8-15(19)17(21-3)9-14(13)18/h4-6,8-9,16H,7,20H2,1-3H3. The van der Waals surface area contributed by atoms with Gasteiger partial charge >= 0.3 is 0 Å². The van der Waals surface area contributed by atoms with Crippen LogP contribution < -0.4 is 10.5 Å². The van der Waals surface area contributed by atoms with Crippen molar-refractivity contribution < 1.29 is 4.74 Å². The predicted octanol–water partition coefficient (Wildman–Crippen LogP) is 4.86. The average Bonchev–Trinajstić information content (AvgIpc) is 2.44. The highest BCUT2D eigenvalue weighted by Gasteiger charge is 2.15. The van der Waals surface area contributed by atoms with Gasteiger partial charge in [0.05, 0.1) is 12.1 Å². The number of nitrogens with two attached hydrogens (primary N) is 1. The van der Waals surface area contributed by atoms with Crippen LogP contribution in [0.5, 0.6) is 5.75 Å². The van der Waals surface area contributed by atoms with Crippen molar-refractivity contribution in [1.82, 2.24) is 0 Å². The number of ether oxygens (including phenoxy) is 1. The highest BCUT2D eigenvalue weighted by Crippen LogP contribution is 2.34.